The van der Waals surface area contributed by atoms with Crippen molar-refractivity contribution in [3.8, 4) is 0 Å². The molecule has 0 aromatic heterocycles. The van der Waals surface area contributed by atoms with Crippen molar-refractivity contribution in [1.29, 1.82) is 0 Å². The van der Waals surface area contributed by atoms with Crippen molar-refractivity contribution in [3.05, 3.63) is 38.8 Å². The topological polar surface area (TPSA) is 37.3 Å². The molecular formula is C9H5Cl3O2. The third-order valence-electron chi connectivity index (χ3n) is 1.47. The number of hydrogen-bond donors (Lipinski definition) is 1. The van der Waals surface area contributed by atoms with Crippen molar-refractivity contribution in [2.24, 2.45) is 0 Å². The molecule has 0 unspecified atom stereocenters. The van der Waals surface area contributed by atoms with Gasteiger partial charge in [0.25, 0.3) is 0 Å². The molecule has 0 radical (unpaired) electrons. The lowest BCUT2D eigenvalue weighted by Gasteiger charge is -2.02. The van der Waals surface area contributed by atoms with Gasteiger partial charge >= 0.3 is 5.97 Å². The Balaban J connectivity index is 3.19. The Labute approximate surface area is 95.7 Å². The van der Waals surface area contributed by atoms with Gasteiger partial charge in [-0.15, -0.1) is 0 Å². The Morgan fingerprint density at radius 1 is 1.21 bits per heavy atom. The van der Waals surface area contributed by atoms with Crippen LogP contribution in [0.3, 0.4) is 0 Å². The van der Waals surface area contributed by atoms with E-state index in [1.54, 1.807) is 12.1 Å². The minimum absolute atomic E-state index is 0.247. The first kappa shape index (κ1) is 11.4. The van der Waals surface area contributed by atoms with Gasteiger partial charge in [0.1, 0.15) is 0 Å². The normalized spacial score (nSPS) is 10.8. The maximum Gasteiger partial charge on any atom is 0.328 e. The molecule has 0 fully saturated rings. The van der Waals surface area contributed by atoms with Gasteiger partial charge < -0.3 is 5.11 Å². The van der Waals surface area contributed by atoms with Crippen LogP contribution in [0.2, 0.25) is 15.1 Å². The molecule has 0 aliphatic heterocycles. The Morgan fingerprint density at radius 3 is 2.36 bits per heavy atom. The van der Waals surface area contributed by atoms with Crippen molar-refractivity contribution < 1.29 is 9.90 Å². The summed E-state index contributed by atoms with van der Waals surface area (Å²) in [6.07, 6.45) is 2.25. The quantitative estimate of drug-likeness (QED) is 0.642. The molecule has 1 N–H and O–H groups in total. The number of benzene rings is 1. The summed E-state index contributed by atoms with van der Waals surface area (Å²) in [5.74, 6) is -1.07. The molecule has 0 amide bonds. The van der Waals surface area contributed by atoms with Crippen LogP contribution >= 0.6 is 34.8 Å². The van der Waals surface area contributed by atoms with Gasteiger partial charge in [0.2, 0.25) is 0 Å². The van der Waals surface area contributed by atoms with Gasteiger partial charge in [-0.25, -0.2) is 4.79 Å². The first-order valence-electron chi connectivity index (χ1n) is 3.57. The molecule has 14 heavy (non-hydrogen) atoms. The van der Waals surface area contributed by atoms with Crippen molar-refractivity contribution in [3.63, 3.8) is 0 Å². The summed E-state index contributed by atoms with van der Waals surface area (Å²) >= 11 is 17.3. The summed E-state index contributed by atoms with van der Waals surface area (Å²) in [6, 6.07) is 3.10. The lowest BCUT2D eigenvalue weighted by atomic mass is 10.2. The van der Waals surface area contributed by atoms with Crippen LogP contribution in [0.5, 0.6) is 0 Å². The molecule has 1 aromatic rings. The largest absolute Gasteiger partial charge is 0.478 e. The van der Waals surface area contributed by atoms with Crippen LogP contribution < -0.4 is 0 Å². The second kappa shape index (κ2) is 4.69. The highest BCUT2D eigenvalue weighted by atomic mass is 35.5. The monoisotopic (exact) mass is 250 g/mol. The molecule has 2 nitrogen and oxygen atoms in total. The van der Waals surface area contributed by atoms with E-state index in [1.807, 2.05) is 0 Å². The second-order valence-electron chi connectivity index (χ2n) is 2.43. The smallest absolute Gasteiger partial charge is 0.328 e. The summed E-state index contributed by atoms with van der Waals surface area (Å²) in [5, 5.41) is 9.36. The zero-order chi connectivity index (χ0) is 10.7. The molecule has 74 valence electrons. The molecule has 0 saturated heterocycles. The molecule has 0 aliphatic rings. The number of aliphatic carboxylic acids is 1. The van der Waals surface area contributed by atoms with E-state index in [4.69, 9.17) is 39.9 Å². The van der Waals surface area contributed by atoms with Crippen molar-refractivity contribution in [2.45, 2.75) is 0 Å². The third-order valence-corrected chi connectivity index (χ3v) is 2.62. The lowest BCUT2D eigenvalue weighted by Crippen LogP contribution is -1.87. The van der Waals surface area contributed by atoms with Crippen LogP contribution in [0.4, 0.5) is 0 Å². The Kier molecular flexibility index (Phi) is 3.81. The van der Waals surface area contributed by atoms with Gasteiger partial charge in [-0.3, -0.25) is 0 Å². The highest BCUT2D eigenvalue weighted by molar-refractivity contribution is 6.44. The molecule has 1 aromatic carbocycles. The molecule has 5 heteroatoms. The van der Waals surface area contributed by atoms with E-state index < -0.39 is 5.97 Å². The highest BCUT2D eigenvalue weighted by Gasteiger charge is 2.06. The third kappa shape index (κ3) is 2.64. The second-order valence-corrected chi connectivity index (χ2v) is 3.62. The Hall–Kier alpha value is -0.700. The van der Waals surface area contributed by atoms with Crippen LogP contribution in [-0.2, 0) is 4.79 Å². The molecule has 0 atom stereocenters. The first-order valence-corrected chi connectivity index (χ1v) is 4.70. The standard InChI is InChI=1S/C9H5Cl3O2/c10-6-2-3-7(11)9(12)5(6)1-4-8(13)14/h1-4H,(H,13,14)/b4-1+. The van der Waals surface area contributed by atoms with Crippen LogP contribution in [0, 0.1) is 0 Å². The summed E-state index contributed by atoms with van der Waals surface area (Å²) in [4.78, 5) is 10.3. The number of carboxylic acids is 1. The molecule has 0 heterocycles. The number of hydrogen-bond acceptors (Lipinski definition) is 1. The minimum Gasteiger partial charge on any atom is -0.478 e. The van der Waals surface area contributed by atoms with Gasteiger partial charge in [0.05, 0.1) is 10.0 Å². The SMILES string of the molecule is O=C(O)/C=C/c1c(Cl)ccc(Cl)c1Cl. The molecule has 0 aliphatic carbocycles. The Bertz CT molecular complexity index is 399. The predicted molar refractivity (Wildman–Crippen MR) is 58.1 cm³/mol. The maximum absolute atomic E-state index is 10.3. The van der Waals surface area contributed by atoms with Crippen molar-refractivity contribution >= 4 is 46.8 Å². The zero-order valence-electron chi connectivity index (χ0n) is 6.80. The van der Waals surface area contributed by atoms with Crippen molar-refractivity contribution in [2.75, 3.05) is 0 Å². The first-order chi connectivity index (χ1) is 6.52. The maximum atomic E-state index is 10.3. The number of rotatable bonds is 2. The van der Waals surface area contributed by atoms with Crippen molar-refractivity contribution in [1.82, 2.24) is 0 Å². The van der Waals surface area contributed by atoms with Gasteiger partial charge in [0.15, 0.2) is 0 Å². The molecular weight excluding hydrogens is 246 g/mol. The van der Waals surface area contributed by atoms with Crippen LogP contribution in [0.25, 0.3) is 6.08 Å². The van der Waals surface area contributed by atoms with Crippen LogP contribution in [0.1, 0.15) is 5.56 Å². The average molecular weight is 251 g/mol. The number of carbonyl (C=O) groups is 1. The molecule has 1 rings (SSSR count). The zero-order valence-corrected chi connectivity index (χ0v) is 9.07. The summed E-state index contributed by atoms with van der Waals surface area (Å²) in [5.41, 5.74) is 0.406. The summed E-state index contributed by atoms with van der Waals surface area (Å²) in [6.45, 7) is 0. The number of carboxylic acid groups (broad SMARTS) is 1. The molecule has 0 bridgehead atoms. The molecule has 0 spiro atoms. The van der Waals surface area contributed by atoms with E-state index in [0.29, 0.717) is 15.6 Å². The predicted octanol–water partition coefficient (Wildman–Crippen LogP) is 3.74. The van der Waals surface area contributed by atoms with Gasteiger partial charge in [0, 0.05) is 16.7 Å². The van der Waals surface area contributed by atoms with E-state index in [1.165, 1.54) is 6.08 Å². The van der Waals surface area contributed by atoms with E-state index in [9.17, 15) is 4.79 Å². The van der Waals surface area contributed by atoms with E-state index in [2.05, 4.69) is 0 Å². The summed E-state index contributed by atoms with van der Waals surface area (Å²) in [7, 11) is 0. The van der Waals surface area contributed by atoms with Crippen LogP contribution in [-0.4, -0.2) is 11.1 Å². The fourth-order valence-electron chi connectivity index (χ4n) is 0.850. The van der Waals surface area contributed by atoms with Gasteiger partial charge in [-0.2, -0.15) is 0 Å². The Morgan fingerprint density at radius 2 is 1.79 bits per heavy atom. The molecule has 0 saturated carbocycles. The highest BCUT2D eigenvalue weighted by Crippen LogP contribution is 2.32. The van der Waals surface area contributed by atoms with Gasteiger partial charge in [-0.05, 0) is 18.2 Å². The van der Waals surface area contributed by atoms with E-state index in [0.717, 1.165) is 6.08 Å². The van der Waals surface area contributed by atoms with Crippen LogP contribution in [0.15, 0.2) is 18.2 Å². The minimum atomic E-state index is -1.07. The fourth-order valence-corrected chi connectivity index (χ4v) is 1.51. The average Bonchev–Trinajstić information content (AvgIpc) is 2.11. The van der Waals surface area contributed by atoms with E-state index in [-0.39, 0.29) is 5.02 Å². The summed E-state index contributed by atoms with van der Waals surface area (Å²) < 4.78 is 0. The number of halogens is 3. The fraction of sp³-hybridized carbons (Fsp3) is 0. The van der Waals surface area contributed by atoms with E-state index >= 15 is 0 Å². The lowest BCUT2D eigenvalue weighted by molar-refractivity contribution is -0.131. The van der Waals surface area contributed by atoms with Gasteiger partial charge in [-0.1, -0.05) is 34.8 Å².